The smallest absolute Gasteiger partial charge is 0.0697 e. The van der Waals surface area contributed by atoms with E-state index in [0.29, 0.717) is 12.2 Å². The summed E-state index contributed by atoms with van der Waals surface area (Å²) in [5.41, 5.74) is 0. The molecule has 72 valence electrons. The Kier molecular flexibility index (Phi) is 4.87. The van der Waals surface area contributed by atoms with E-state index in [1.807, 2.05) is 0 Å². The molecule has 0 aromatic carbocycles. The largest absolute Gasteiger partial charge is 0.374 e. The Morgan fingerprint density at radius 3 is 2.67 bits per heavy atom. The molecule has 0 aromatic heterocycles. The summed E-state index contributed by atoms with van der Waals surface area (Å²) in [6, 6.07) is 0. The molecule has 0 aromatic rings. The first-order valence-corrected chi connectivity index (χ1v) is 6.32. The lowest BCUT2D eigenvalue weighted by molar-refractivity contribution is 0.0396. The van der Waals surface area contributed by atoms with Crippen LogP contribution in [0.3, 0.4) is 0 Å². The molecule has 1 aliphatic heterocycles. The average Bonchev–Trinajstić information content (AvgIpc) is 2.43. The molecule has 1 aliphatic rings. The van der Waals surface area contributed by atoms with Crippen LogP contribution in [0.5, 0.6) is 0 Å². The van der Waals surface area contributed by atoms with E-state index in [2.05, 4.69) is 36.4 Å². The topological polar surface area (TPSA) is 9.23 Å². The van der Waals surface area contributed by atoms with Crippen molar-refractivity contribution < 1.29 is 4.74 Å². The highest BCUT2D eigenvalue weighted by atomic mass is 127. The number of rotatable bonds is 4. The van der Waals surface area contributed by atoms with Crippen LogP contribution in [0.4, 0.5) is 0 Å². The molecule has 1 saturated heterocycles. The monoisotopic (exact) mass is 282 g/mol. The number of unbranched alkanes of at least 4 members (excludes halogenated alkanes) is 1. The third-order valence-electron chi connectivity index (χ3n) is 2.56. The van der Waals surface area contributed by atoms with Crippen molar-refractivity contribution in [1.82, 2.24) is 0 Å². The molecular formula is C10H19IO. The van der Waals surface area contributed by atoms with E-state index in [1.54, 1.807) is 0 Å². The van der Waals surface area contributed by atoms with Gasteiger partial charge in [0.1, 0.15) is 0 Å². The van der Waals surface area contributed by atoms with Gasteiger partial charge in [0.15, 0.2) is 0 Å². The van der Waals surface area contributed by atoms with E-state index in [-0.39, 0.29) is 0 Å². The van der Waals surface area contributed by atoms with Crippen molar-refractivity contribution in [3.63, 3.8) is 0 Å². The number of alkyl halides is 1. The molecule has 1 heterocycles. The minimum atomic E-state index is 0.550. The fourth-order valence-corrected chi connectivity index (χ4v) is 2.80. The summed E-state index contributed by atoms with van der Waals surface area (Å²) in [6.07, 6.45) is 7.43. The highest BCUT2D eigenvalue weighted by Gasteiger charge is 2.31. The molecular weight excluding hydrogens is 263 g/mol. The molecule has 12 heavy (non-hydrogen) atoms. The average molecular weight is 282 g/mol. The van der Waals surface area contributed by atoms with Crippen molar-refractivity contribution in [2.75, 3.05) is 0 Å². The zero-order valence-corrected chi connectivity index (χ0v) is 10.2. The molecule has 1 fully saturated rings. The summed E-state index contributed by atoms with van der Waals surface area (Å²) >= 11 is 2.55. The lowest BCUT2D eigenvalue weighted by Crippen LogP contribution is -2.15. The third-order valence-corrected chi connectivity index (χ3v) is 3.87. The second kappa shape index (κ2) is 5.43. The summed E-state index contributed by atoms with van der Waals surface area (Å²) in [5.74, 6) is 0. The van der Waals surface area contributed by atoms with Crippen LogP contribution in [0.2, 0.25) is 0 Å². The quantitative estimate of drug-likeness (QED) is 0.566. The fourth-order valence-electron chi connectivity index (χ4n) is 1.71. The first-order chi connectivity index (χ1) is 5.77. The van der Waals surface area contributed by atoms with E-state index in [1.165, 1.54) is 32.1 Å². The zero-order valence-electron chi connectivity index (χ0n) is 8.05. The second-order valence-electron chi connectivity index (χ2n) is 3.60. The molecule has 0 unspecified atom stereocenters. The van der Waals surface area contributed by atoms with Crippen molar-refractivity contribution >= 4 is 22.6 Å². The van der Waals surface area contributed by atoms with Crippen molar-refractivity contribution in [2.45, 2.75) is 62.1 Å². The Morgan fingerprint density at radius 1 is 1.42 bits per heavy atom. The minimum Gasteiger partial charge on any atom is -0.374 e. The number of halogens is 1. The Morgan fingerprint density at radius 2 is 2.17 bits per heavy atom. The van der Waals surface area contributed by atoms with Crippen molar-refractivity contribution in [3.05, 3.63) is 0 Å². The van der Waals surface area contributed by atoms with E-state index >= 15 is 0 Å². The molecule has 1 nitrogen and oxygen atoms in total. The normalized spacial score (nSPS) is 35.8. The van der Waals surface area contributed by atoms with Gasteiger partial charge in [0.25, 0.3) is 0 Å². The van der Waals surface area contributed by atoms with Gasteiger partial charge in [-0.1, -0.05) is 49.3 Å². The van der Waals surface area contributed by atoms with Crippen LogP contribution in [0.15, 0.2) is 0 Å². The minimum absolute atomic E-state index is 0.550. The van der Waals surface area contributed by atoms with Gasteiger partial charge in [0.2, 0.25) is 0 Å². The van der Waals surface area contributed by atoms with Gasteiger partial charge in [-0.15, -0.1) is 0 Å². The van der Waals surface area contributed by atoms with E-state index < -0.39 is 0 Å². The van der Waals surface area contributed by atoms with Crippen molar-refractivity contribution in [3.8, 4) is 0 Å². The van der Waals surface area contributed by atoms with Crippen LogP contribution < -0.4 is 0 Å². The van der Waals surface area contributed by atoms with Gasteiger partial charge in [-0.25, -0.2) is 0 Å². The van der Waals surface area contributed by atoms with Crippen LogP contribution in [-0.2, 0) is 4.74 Å². The van der Waals surface area contributed by atoms with Crippen LogP contribution in [-0.4, -0.2) is 16.1 Å². The maximum Gasteiger partial charge on any atom is 0.0697 e. The standard InChI is InChI=1S/C10H19IO/c1-3-5-6-10-9(11)7-8(4-2)12-10/h8-10H,3-7H2,1-2H3/t8-,9+,10-/m1/s1. The van der Waals surface area contributed by atoms with Gasteiger partial charge in [-0.2, -0.15) is 0 Å². The van der Waals surface area contributed by atoms with Gasteiger partial charge in [0, 0.05) is 3.92 Å². The van der Waals surface area contributed by atoms with Gasteiger partial charge >= 0.3 is 0 Å². The number of ether oxygens (including phenoxy) is 1. The SMILES string of the molecule is CCCC[C@H]1O[C@H](CC)C[C@@H]1I. The van der Waals surface area contributed by atoms with Crippen LogP contribution in [0, 0.1) is 0 Å². The maximum atomic E-state index is 5.92. The van der Waals surface area contributed by atoms with Crippen LogP contribution in [0.25, 0.3) is 0 Å². The molecule has 0 amide bonds. The molecule has 0 spiro atoms. The highest BCUT2D eigenvalue weighted by molar-refractivity contribution is 14.1. The van der Waals surface area contributed by atoms with Crippen molar-refractivity contribution in [2.24, 2.45) is 0 Å². The Hall–Kier alpha value is 0.690. The highest BCUT2D eigenvalue weighted by Crippen LogP contribution is 2.31. The van der Waals surface area contributed by atoms with Gasteiger partial charge in [-0.3, -0.25) is 0 Å². The van der Waals surface area contributed by atoms with Crippen LogP contribution in [0.1, 0.15) is 46.0 Å². The van der Waals surface area contributed by atoms with Gasteiger partial charge in [0.05, 0.1) is 12.2 Å². The predicted molar refractivity (Wildman–Crippen MR) is 60.9 cm³/mol. The predicted octanol–water partition coefficient (Wildman–Crippen LogP) is 3.55. The third kappa shape index (κ3) is 2.87. The number of hydrogen-bond donors (Lipinski definition) is 0. The fraction of sp³-hybridized carbons (Fsp3) is 1.00. The molecule has 1 rings (SSSR count). The molecule has 3 atom stereocenters. The van der Waals surface area contributed by atoms with Gasteiger partial charge in [-0.05, 0) is 19.3 Å². The summed E-state index contributed by atoms with van der Waals surface area (Å²) in [7, 11) is 0. The van der Waals surface area contributed by atoms with E-state index in [0.717, 1.165) is 3.92 Å². The summed E-state index contributed by atoms with van der Waals surface area (Å²) in [5, 5.41) is 0. The molecule has 0 N–H and O–H groups in total. The molecule has 0 radical (unpaired) electrons. The lowest BCUT2D eigenvalue weighted by atomic mass is 10.1. The molecule has 0 saturated carbocycles. The molecule has 0 bridgehead atoms. The molecule has 2 heteroatoms. The first-order valence-electron chi connectivity index (χ1n) is 5.07. The summed E-state index contributed by atoms with van der Waals surface area (Å²) < 4.78 is 6.68. The first kappa shape index (κ1) is 10.8. The number of hydrogen-bond acceptors (Lipinski definition) is 1. The summed E-state index contributed by atoms with van der Waals surface area (Å²) in [6.45, 7) is 4.46. The van der Waals surface area contributed by atoms with Crippen LogP contribution >= 0.6 is 22.6 Å². The molecule has 0 aliphatic carbocycles. The Labute approximate surface area is 89.4 Å². The van der Waals surface area contributed by atoms with Gasteiger partial charge < -0.3 is 4.74 Å². The zero-order chi connectivity index (χ0) is 8.97. The van der Waals surface area contributed by atoms with E-state index in [4.69, 9.17) is 4.74 Å². The van der Waals surface area contributed by atoms with Crippen molar-refractivity contribution in [1.29, 1.82) is 0 Å². The van der Waals surface area contributed by atoms with E-state index in [9.17, 15) is 0 Å². The second-order valence-corrected chi connectivity index (χ2v) is 5.20. The maximum absolute atomic E-state index is 5.92. The Balaban J connectivity index is 2.25. The summed E-state index contributed by atoms with van der Waals surface area (Å²) in [4.78, 5) is 0. The Bertz CT molecular complexity index is 127. The lowest BCUT2D eigenvalue weighted by Gasteiger charge is -2.13.